The Balaban J connectivity index is 2.18. The van der Waals surface area contributed by atoms with E-state index in [9.17, 15) is 13.2 Å². The zero-order valence-electron chi connectivity index (χ0n) is 10.2. The van der Waals surface area contributed by atoms with Crippen molar-refractivity contribution >= 4 is 5.69 Å². The van der Waals surface area contributed by atoms with Crippen molar-refractivity contribution in [3.63, 3.8) is 0 Å². The molecular formula is C13H12F3N3. The van der Waals surface area contributed by atoms with E-state index in [1.54, 1.807) is 24.2 Å². The highest BCUT2D eigenvalue weighted by Crippen LogP contribution is 2.29. The van der Waals surface area contributed by atoms with E-state index in [1.807, 2.05) is 12.1 Å². The van der Waals surface area contributed by atoms with Crippen molar-refractivity contribution in [2.24, 2.45) is 0 Å². The van der Waals surface area contributed by atoms with E-state index in [2.05, 4.69) is 9.97 Å². The molecule has 100 valence electrons. The van der Waals surface area contributed by atoms with Crippen LogP contribution in [0, 0.1) is 0 Å². The predicted octanol–water partition coefficient (Wildman–Crippen LogP) is 3.13. The summed E-state index contributed by atoms with van der Waals surface area (Å²) in [5, 5.41) is 0. The monoisotopic (exact) mass is 267 g/mol. The summed E-state index contributed by atoms with van der Waals surface area (Å²) in [6, 6.07) is 8.02. The number of nitrogens with zero attached hydrogens (tertiary/aromatic N) is 3. The van der Waals surface area contributed by atoms with Gasteiger partial charge in [-0.15, -0.1) is 0 Å². The van der Waals surface area contributed by atoms with Gasteiger partial charge in [0.15, 0.2) is 0 Å². The molecule has 0 radical (unpaired) electrons. The number of anilines is 1. The molecule has 6 heteroatoms. The third kappa shape index (κ3) is 3.43. The van der Waals surface area contributed by atoms with Crippen LogP contribution in [0.5, 0.6) is 0 Å². The van der Waals surface area contributed by atoms with Gasteiger partial charge in [0.1, 0.15) is 5.69 Å². The molecule has 2 aromatic heterocycles. The molecule has 3 nitrogen and oxygen atoms in total. The van der Waals surface area contributed by atoms with Crippen LogP contribution in [0.25, 0.3) is 0 Å². The molecule has 0 aliphatic carbocycles. The highest BCUT2D eigenvalue weighted by molar-refractivity contribution is 5.46. The first kappa shape index (κ1) is 13.3. The molecule has 0 aliphatic rings. The molecule has 0 aromatic carbocycles. The van der Waals surface area contributed by atoms with Crippen molar-refractivity contribution in [1.82, 2.24) is 9.97 Å². The standard InChI is InChI=1S/C13H12F3N3/c1-19(9-10-4-2-3-6-17-10)11-5-7-18-12(8-11)13(14,15)16/h2-8H,9H2,1H3. The van der Waals surface area contributed by atoms with Gasteiger partial charge in [-0.3, -0.25) is 9.97 Å². The first-order chi connectivity index (χ1) is 8.97. The third-order valence-corrected chi connectivity index (χ3v) is 2.60. The highest BCUT2D eigenvalue weighted by Gasteiger charge is 2.32. The molecule has 0 amide bonds. The van der Waals surface area contributed by atoms with E-state index >= 15 is 0 Å². The molecule has 0 saturated heterocycles. The fourth-order valence-corrected chi connectivity index (χ4v) is 1.64. The number of hydrogen-bond donors (Lipinski definition) is 0. The quantitative estimate of drug-likeness (QED) is 0.855. The van der Waals surface area contributed by atoms with Crippen LogP contribution in [-0.2, 0) is 12.7 Å². The lowest BCUT2D eigenvalue weighted by atomic mass is 10.2. The maximum atomic E-state index is 12.6. The van der Waals surface area contributed by atoms with E-state index in [1.165, 1.54) is 6.07 Å². The fourth-order valence-electron chi connectivity index (χ4n) is 1.64. The number of halogens is 3. The molecule has 0 fully saturated rings. The minimum atomic E-state index is -4.43. The molecule has 2 heterocycles. The van der Waals surface area contributed by atoms with E-state index in [-0.39, 0.29) is 0 Å². The molecule has 2 aromatic rings. The first-order valence-electron chi connectivity index (χ1n) is 5.61. The second kappa shape index (κ2) is 5.26. The van der Waals surface area contributed by atoms with Crippen molar-refractivity contribution in [2.75, 3.05) is 11.9 Å². The Bertz CT molecular complexity index is 540. The Labute approximate surface area is 108 Å². The minimum absolute atomic E-state index is 0.433. The Morgan fingerprint density at radius 3 is 2.53 bits per heavy atom. The molecule has 19 heavy (non-hydrogen) atoms. The van der Waals surface area contributed by atoms with Crippen LogP contribution < -0.4 is 4.90 Å². The number of alkyl halides is 3. The van der Waals surface area contributed by atoms with Gasteiger partial charge in [-0.05, 0) is 24.3 Å². The zero-order valence-corrected chi connectivity index (χ0v) is 10.2. The Morgan fingerprint density at radius 2 is 1.89 bits per heavy atom. The molecule has 0 N–H and O–H groups in total. The van der Waals surface area contributed by atoms with Gasteiger partial charge in [-0.25, -0.2) is 0 Å². The predicted molar refractivity (Wildman–Crippen MR) is 65.6 cm³/mol. The van der Waals surface area contributed by atoms with Crippen molar-refractivity contribution in [2.45, 2.75) is 12.7 Å². The van der Waals surface area contributed by atoms with Gasteiger partial charge in [-0.1, -0.05) is 6.07 Å². The van der Waals surface area contributed by atoms with Crippen molar-refractivity contribution in [3.05, 3.63) is 54.1 Å². The van der Waals surface area contributed by atoms with Crippen LogP contribution >= 0.6 is 0 Å². The van der Waals surface area contributed by atoms with Gasteiger partial charge in [0, 0.05) is 25.1 Å². The minimum Gasteiger partial charge on any atom is -0.369 e. The lowest BCUT2D eigenvalue weighted by Gasteiger charge is -2.19. The zero-order chi connectivity index (χ0) is 13.9. The summed E-state index contributed by atoms with van der Waals surface area (Å²) in [4.78, 5) is 9.16. The second-order valence-corrected chi connectivity index (χ2v) is 4.07. The maximum absolute atomic E-state index is 12.6. The third-order valence-electron chi connectivity index (χ3n) is 2.60. The SMILES string of the molecule is CN(Cc1ccccn1)c1ccnc(C(F)(F)F)c1. The van der Waals surface area contributed by atoms with Gasteiger partial charge in [-0.2, -0.15) is 13.2 Å². The van der Waals surface area contributed by atoms with E-state index in [4.69, 9.17) is 0 Å². The summed E-state index contributed by atoms with van der Waals surface area (Å²) in [5.41, 5.74) is 0.348. The van der Waals surface area contributed by atoms with E-state index < -0.39 is 11.9 Å². The van der Waals surface area contributed by atoms with Crippen LogP contribution in [0.3, 0.4) is 0 Å². The van der Waals surface area contributed by atoms with Crippen LogP contribution in [0.1, 0.15) is 11.4 Å². The van der Waals surface area contributed by atoms with Crippen LogP contribution in [0.4, 0.5) is 18.9 Å². The Kier molecular flexibility index (Phi) is 3.69. The van der Waals surface area contributed by atoms with Gasteiger partial charge in [0.25, 0.3) is 0 Å². The molecule has 0 bridgehead atoms. The second-order valence-electron chi connectivity index (χ2n) is 4.07. The molecule has 0 unspecified atom stereocenters. The lowest BCUT2D eigenvalue weighted by Crippen LogP contribution is -2.18. The highest BCUT2D eigenvalue weighted by atomic mass is 19.4. The topological polar surface area (TPSA) is 29.0 Å². The Morgan fingerprint density at radius 1 is 1.11 bits per heavy atom. The number of aromatic nitrogens is 2. The average molecular weight is 267 g/mol. The smallest absolute Gasteiger partial charge is 0.369 e. The van der Waals surface area contributed by atoms with Crippen LogP contribution in [0.2, 0.25) is 0 Å². The lowest BCUT2D eigenvalue weighted by molar-refractivity contribution is -0.141. The number of pyridine rings is 2. The van der Waals surface area contributed by atoms with Gasteiger partial charge in [0.2, 0.25) is 0 Å². The Hall–Kier alpha value is -2.11. The summed E-state index contributed by atoms with van der Waals surface area (Å²) in [6.45, 7) is 0.433. The van der Waals surface area contributed by atoms with Gasteiger partial charge >= 0.3 is 6.18 Å². The summed E-state index contributed by atoms with van der Waals surface area (Å²) < 4.78 is 37.7. The van der Waals surface area contributed by atoms with Crippen LogP contribution in [0.15, 0.2) is 42.7 Å². The van der Waals surface area contributed by atoms with Crippen molar-refractivity contribution < 1.29 is 13.2 Å². The van der Waals surface area contributed by atoms with E-state index in [0.717, 1.165) is 18.0 Å². The molecular weight excluding hydrogens is 255 g/mol. The average Bonchev–Trinajstić information content (AvgIpc) is 2.39. The summed E-state index contributed by atoms with van der Waals surface area (Å²) >= 11 is 0. The van der Waals surface area contributed by atoms with E-state index in [0.29, 0.717) is 12.2 Å². The summed E-state index contributed by atoms with van der Waals surface area (Å²) in [6.07, 6.45) is -1.62. The van der Waals surface area contributed by atoms with Crippen molar-refractivity contribution in [3.8, 4) is 0 Å². The largest absolute Gasteiger partial charge is 0.433 e. The molecule has 0 atom stereocenters. The fraction of sp³-hybridized carbons (Fsp3) is 0.231. The van der Waals surface area contributed by atoms with Gasteiger partial charge in [0.05, 0.1) is 12.2 Å². The molecule has 2 rings (SSSR count). The molecule has 0 aliphatic heterocycles. The maximum Gasteiger partial charge on any atom is 0.433 e. The van der Waals surface area contributed by atoms with Gasteiger partial charge < -0.3 is 4.90 Å². The molecule has 0 spiro atoms. The van der Waals surface area contributed by atoms with Crippen LogP contribution in [-0.4, -0.2) is 17.0 Å². The number of hydrogen-bond acceptors (Lipinski definition) is 3. The van der Waals surface area contributed by atoms with Crippen molar-refractivity contribution in [1.29, 1.82) is 0 Å². The summed E-state index contributed by atoms with van der Waals surface area (Å²) in [5.74, 6) is 0. The summed E-state index contributed by atoms with van der Waals surface area (Å²) in [7, 11) is 1.71. The first-order valence-corrected chi connectivity index (χ1v) is 5.61. The number of rotatable bonds is 3. The normalized spacial score (nSPS) is 11.4. The molecule has 0 saturated carbocycles.